The van der Waals surface area contributed by atoms with Crippen molar-refractivity contribution in [2.75, 3.05) is 0 Å². The average molecular weight is 216 g/mol. The molecule has 0 saturated carbocycles. The second kappa shape index (κ2) is 8.72. The van der Waals surface area contributed by atoms with Crippen molar-refractivity contribution in [3.8, 4) is 0 Å². The highest BCUT2D eigenvalue weighted by atomic mass is 16.5. The van der Waals surface area contributed by atoms with Crippen LogP contribution < -0.4 is 0 Å². The summed E-state index contributed by atoms with van der Waals surface area (Å²) in [4.78, 5) is 10.6. The van der Waals surface area contributed by atoms with Crippen molar-refractivity contribution in [1.82, 2.24) is 0 Å². The fraction of sp³-hybridized carbons (Fsp3) is 0.917. The highest BCUT2D eigenvalue weighted by Gasteiger charge is 2.11. The van der Waals surface area contributed by atoms with Gasteiger partial charge in [0.05, 0.1) is 6.10 Å². The van der Waals surface area contributed by atoms with Crippen molar-refractivity contribution in [2.24, 2.45) is 0 Å². The van der Waals surface area contributed by atoms with E-state index in [1.807, 2.05) is 6.92 Å². The maximum absolute atomic E-state index is 10.6. The highest BCUT2D eigenvalue weighted by Crippen LogP contribution is 2.11. The van der Waals surface area contributed by atoms with Gasteiger partial charge in [-0.3, -0.25) is 4.79 Å². The van der Waals surface area contributed by atoms with E-state index >= 15 is 0 Å². The van der Waals surface area contributed by atoms with Crippen LogP contribution in [0.25, 0.3) is 0 Å². The Kier molecular flexibility index (Phi) is 8.38. The Labute approximate surface area is 92.8 Å². The van der Waals surface area contributed by atoms with Gasteiger partial charge in [-0.25, -0.2) is 0 Å². The molecule has 0 aliphatic rings. The van der Waals surface area contributed by atoms with E-state index in [1.165, 1.54) is 26.2 Å². The van der Waals surface area contributed by atoms with Gasteiger partial charge in [0.2, 0.25) is 0 Å². The minimum Gasteiger partial charge on any atom is -0.463 e. The molecule has 1 N–H and O–H groups in total. The third-order valence-corrected chi connectivity index (χ3v) is 2.36. The fourth-order valence-electron chi connectivity index (χ4n) is 1.64. The van der Waals surface area contributed by atoms with Crippen LogP contribution in [0.15, 0.2) is 0 Å². The molecular weight excluding hydrogens is 192 g/mol. The van der Waals surface area contributed by atoms with Crippen molar-refractivity contribution in [1.29, 1.82) is 0 Å². The molecule has 0 saturated heterocycles. The third kappa shape index (κ3) is 9.73. The SMILES string of the molecule is CCCCCC[C@@H](O)C[C@@H](C)OC(C)=O. The molecule has 3 heteroatoms. The maximum atomic E-state index is 10.6. The topological polar surface area (TPSA) is 46.5 Å². The van der Waals surface area contributed by atoms with Gasteiger partial charge in [0, 0.05) is 13.3 Å². The molecule has 0 spiro atoms. The Hall–Kier alpha value is -0.570. The normalized spacial score (nSPS) is 14.7. The molecule has 0 radical (unpaired) electrons. The smallest absolute Gasteiger partial charge is 0.302 e. The van der Waals surface area contributed by atoms with Crippen molar-refractivity contribution < 1.29 is 14.6 Å². The predicted molar refractivity (Wildman–Crippen MR) is 60.6 cm³/mol. The van der Waals surface area contributed by atoms with Crippen LogP contribution in [-0.4, -0.2) is 23.3 Å². The summed E-state index contributed by atoms with van der Waals surface area (Å²) in [5.74, 6) is -0.277. The molecule has 15 heavy (non-hydrogen) atoms. The average Bonchev–Trinajstić information content (AvgIpc) is 2.10. The van der Waals surface area contributed by atoms with Crippen LogP contribution in [0.1, 0.15) is 59.3 Å². The number of hydrogen-bond donors (Lipinski definition) is 1. The summed E-state index contributed by atoms with van der Waals surface area (Å²) in [6.45, 7) is 5.37. The molecule has 0 fully saturated rings. The quantitative estimate of drug-likeness (QED) is 0.501. The lowest BCUT2D eigenvalue weighted by atomic mass is 10.0. The van der Waals surface area contributed by atoms with Gasteiger partial charge in [0.25, 0.3) is 0 Å². The second-order valence-electron chi connectivity index (χ2n) is 4.16. The van der Waals surface area contributed by atoms with Crippen LogP contribution in [0, 0.1) is 0 Å². The Morgan fingerprint density at radius 2 is 2.00 bits per heavy atom. The molecular formula is C12H24O3. The van der Waals surface area contributed by atoms with Crippen LogP contribution in [0.3, 0.4) is 0 Å². The maximum Gasteiger partial charge on any atom is 0.302 e. The summed E-state index contributed by atoms with van der Waals surface area (Å²) in [7, 11) is 0. The molecule has 2 atom stereocenters. The summed E-state index contributed by atoms with van der Waals surface area (Å²) in [5, 5.41) is 9.64. The first-order chi connectivity index (χ1) is 7.06. The van der Waals surface area contributed by atoms with E-state index in [-0.39, 0.29) is 18.2 Å². The summed E-state index contributed by atoms with van der Waals surface area (Å²) in [6, 6.07) is 0. The van der Waals surface area contributed by atoms with Crippen LogP contribution in [0.2, 0.25) is 0 Å². The number of rotatable bonds is 8. The standard InChI is InChI=1S/C12H24O3/c1-4-5-6-7-8-12(14)9-10(2)15-11(3)13/h10,12,14H,4-9H2,1-3H3/t10-,12-/m1/s1. The van der Waals surface area contributed by atoms with E-state index in [0.29, 0.717) is 6.42 Å². The highest BCUT2D eigenvalue weighted by molar-refractivity contribution is 5.66. The first-order valence-corrected chi connectivity index (χ1v) is 5.91. The van der Waals surface area contributed by atoms with Gasteiger partial charge >= 0.3 is 5.97 Å². The van der Waals surface area contributed by atoms with Crippen molar-refractivity contribution in [3.05, 3.63) is 0 Å². The first kappa shape index (κ1) is 14.4. The fourth-order valence-corrected chi connectivity index (χ4v) is 1.64. The largest absolute Gasteiger partial charge is 0.463 e. The predicted octanol–water partition coefficient (Wildman–Crippen LogP) is 2.66. The van der Waals surface area contributed by atoms with Crippen molar-refractivity contribution in [3.63, 3.8) is 0 Å². The van der Waals surface area contributed by atoms with E-state index in [0.717, 1.165) is 12.8 Å². The van der Waals surface area contributed by atoms with Crippen LogP contribution in [-0.2, 0) is 9.53 Å². The molecule has 0 heterocycles. The summed E-state index contributed by atoms with van der Waals surface area (Å²) >= 11 is 0. The van der Waals surface area contributed by atoms with E-state index in [2.05, 4.69) is 6.92 Å². The van der Waals surface area contributed by atoms with Crippen LogP contribution in [0.5, 0.6) is 0 Å². The van der Waals surface area contributed by atoms with Gasteiger partial charge in [0.15, 0.2) is 0 Å². The minimum absolute atomic E-state index is 0.177. The van der Waals surface area contributed by atoms with Crippen LogP contribution >= 0.6 is 0 Å². The lowest BCUT2D eigenvalue weighted by Crippen LogP contribution is -2.20. The first-order valence-electron chi connectivity index (χ1n) is 5.91. The molecule has 0 aliphatic heterocycles. The number of esters is 1. The Morgan fingerprint density at radius 1 is 1.33 bits per heavy atom. The number of aliphatic hydroxyl groups excluding tert-OH is 1. The molecule has 0 aromatic carbocycles. The number of unbranched alkanes of at least 4 members (excludes halogenated alkanes) is 3. The summed E-state index contributed by atoms with van der Waals surface area (Å²) in [6.07, 6.45) is 5.51. The van der Waals surface area contributed by atoms with Gasteiger partial charge < -0.3 is 9.84 Å². The molecule has 0 rings (SSSR count). The molecule has 0 aliphatic carbocycles. The molecule has 0 amide bonds. The molecule has 0 unspecified atom stereocenters. The van der Waals surface area contributed by atoms with Crippen LogP contribution in [0.4, 0.5) is 0 Å². The van der Waals surface area contributed by atoms with Gasteiger partial charge in [-0.15, -0.1) is 0 Å². The number of carbonyl (C=O) groups excluding carboxylic acids is 1. The van der Waals surface area contributed by atoms with E-state index in [9.17, 15) is 9.90 Å². The summed E-state index contributed by atoms with van der Waals surface area (Å²) in [5.41, 5.74) is 0. The molecule has 0 aromatic heterocycles. The Morgan fingerprint density at radius 3 is 2.53 bits per heavy atom. The number of hydrogen-bond acceptors (Lipinski definition) is 3. The number of ether oxygens (including phenoxy) is 1. The number of aliphatic hydroxyl groups is 1. The van der Waals surface area contributed by atoms with E-state index in [1.54, 1.807) is 0 Å². The zero-order valence-corrected chi connectivity index (χ0v) is 10.2. The second-order valence-corrected chi connectivity index (χ2v) is 4.16. The number of carbonyl (C=O) groups is 1. The lowest BCUT2D eigenvalue weighted by Gasteiger charge is -2.16. The molecule has 0 bridgehead atoms. The van der Waals surface area contributed by atoms with Crippen molar-refractivity contribution >= 4 is 5.97 Å². The van der Waals surface area contributed by atoms with Gasteiger partial charge in [-0.2, -0.15) is 0 Å². The van der Waals surface area contributed by atoms with Crippen molar-refractivity contribution in [2.45, 2.75) is 71.5 Å². The van der Waals surface area contributed by atoms with E-state index in [4.69, 9.17) is 4.74 Å². The Bertz CT molecular complexity index is 168. The Balaban J connectivity index is 3.46. The third-order valence-electron chi connectivity index (χ3n) is 2.36. The van der Waals surface area contributed by atoms with Gasteiger partial charge in [0.1, 0.15) is 6.10 Å². The minimum atomic E-state index is -0.337. The molecule has 90 valence electrons. The van der Waals surface area contributed by atoms with Gasteiger partial charge in [-0.1, -0.05) is 32.6 Å². The van der Waals surface area contributed by atoms with E-state index < -0.39 is 0 Å². The van der Waals surface area contributed by atoms with Gasteiger partial charge in [-0.05, 0) is 13.3 Å². The zero-order valence-electron chi connectivity index (χ0n) is 10.2. The zero-order chi connectivity index (χ0) is 11.7. The monoisotopic (exact) mass is 216 g/mol. The lowest BCUT2D eigenvalue weighted by molar-refractivity contribution is -0.146. The molecule has 0 aromatic rings. The summed E-state index contributed by atoms with van der Waals surface area (Å²) < 4.78 is 4.95. The molecule has 3 nitrogen and oxygen atoms in total.